The first kappa shape index (κ1) is 18.2. The van der Waals surface area contributed by atoms with E-state index in [2.05, 4.69) is 26.6 Å². The second kappa shape index (κ2) is 8.68. The number of nitriles is 1. The van der Waals surface area contributed by atoms with Crippen molar-refractivity contribution in [2.24, 2.45) is 0 Å². The van der Waals surface area contributed by atoms with E-state index in [0.717, 1.165) is 37.7 Å². The topological polar surface area (TPSA) is 94.5 Å². The summed E-state index contributed by atoms with van der Waals surface area (Å²) in [5.74, 6) is 0.686. The number of H-pyrrole nitrogens is 1. The minimum absolute atomic E-state index is 0.148. The predicted molar refractivity (Wildman–Crippen MR) is 102 cm³/mol. The lowest BCUT2D eigenvalue weighted by Gasteiger charge is -2.31. The van der Waals surface area contributed by atoms with Gasteiger partial charge in [-0.15, -0.1) is 5.10 Å². The SMILES string of the molecule is N#CC1(NC(=O)CSc2n[nH]c(/C=C/c3ccccc3)n2)CCCCC1. The maximum Gasteiger partial charge on any atom is 0.231 e. The largest absolute Gasteiger partial charge is 0.337 e. The number of nitrogens with one attached hydrogen (secondary N) is 2. The predicted octanol–water partition coefficient (Wildman–Crippen LogP) is 3.41. The summed E-state index contributed by atoms with van der Waals surface area (Å²) >= 11 is 1.26. The molecule has 1 fully saturated rings. The summed E-state index contributed by atoms with van der Waals surface area (Å²) in [6.07, 6.45) is 8.35. The fraction of sp³-hybridized carbons (Fsp3) is 0.368. The number of hydrogen-bond donors (Lipinski definition) is 2. The molecule has 1 aliphatic rings. The van der Waals surface area contributed by atoms with Gasteiger partial charge in [0.1, 0.15) is 11.4 Å². The summed E-state index contributed by atoms with van der Waals surface area (Å²) < 4.78 is 0. The number of aromatic nitrogens is 3. The van der Waals surface area contributed by atoms with E-state index in [9.17, 15) is 10.1 Å². The number of thioether (sulfide) groups is 1. The summed E-state index contributed by atoms with van der Waals surface area (Å²) in [4.78, 5) is 16.5. The number of carbonyl (C=O) groups excluding carboxylic acids is 1. The van der Waals surface area contributed by atoms with E-state index >= 15 is 0 Å². The molecular weight excluding hydrogens is 346 g/mol. The highest BCUT2D eigenvalue weighted by molar-refractivity contribution is 7.99. The molecule has 0 spiro atoms. The van der Waals surface area contributed by atoms with Crippen molar-refractivity contribution in [3.63, 3.8) is 0 Å². The number of benzene rings is 1. The molecule has 3 rings (SSSR count). The van der Waals surface area contributed by atoms with Crippen molar-refractivity contribution in [3.05, 3.63) is 41.7 Å². The van der Waals surface area contributed by atoms with E-state index < -0.39 is 5.54 Å². The fourth-order valence-corrected chi connectivity index (χ4v) is 3.60. The highest BCUT2D eigenvalue weighted by atomic mass is 32.2. The van der Waals surface area contributed by atoms with Crippen molar-refractivity contribution in [2.75, 3.05) is 5.75 Å². The summed E-state index contributed by atoms with van der Waals surface area (Å²) in [5.41, 5.74) is 0.380. The average molecular weight is 367 g/mol. The van der Waals surface area contributed by atoms with Crippen LogP contribution in [0.15, 0.2) is 35.5 Å². The van der Waals surface area contributed by atoms with E-state index in [1.807, 2.05) is 42.5 Å². The molecule has 0 aliphatic heterocycles. The Bertz CT molecular complexity index is 803. The fourth-order valence-electron chi connectivity index (χ4n) is 2.99. The quantitative estimate of drug-likeness (QED) is 0.763. The van der Waals surface area contributed by atoms with Crippen LogP contribution in [0.4, 0.5) is 0 Å². The van der Waals surface area contributed by atoms with E-state index in [1.54, 1.807) is 0 Å². The zero-order chi connectivity index (χ0) is 18.2. The molecule has 2 N–H and O–H groups in total. The van der Waals surface area contributed by atoms with Gasteiger partial charge in [-0.25, -0.2) is 4.98 Å². The second-order valence-corrected chi connectivity index (χ2v) is 7.28. The molecule has 7 heteroatoms. The van der Waals surface area contributed by atoms with Crippen molar-refractivity contribution < 1.29 is 4.79 Å². The van der Waals surface area contributed by atoms with Gasteiger partial charge in [0.25, 0.3) is 0 Å². The van der Waals surface area contributed by atoms with Crippen molar-refractivity contribution in [1.29, 1.82) is 5.26 Å². The molecule has 0 atom stereocenters. The van der Waals surface area contributed by atoms with Gasteiger partial charge in [0.15, 0.2) is 0 Å². The average Bonchev–Trinajstić information content (AvgIpc) is 3.14. The minimum atomic E-state index is -0.696. The van der Waals surface area contributed by atoms with E-state index in [1.165, 1.54) is 11.8 Å². The molecule has 6 nitrogen and oxygen atoms in total. The molecular formula is C19H21N5OS. The molecule has 26 heavy (non-hydrogen) atoms. The highest BCUT2D eigenvalue weighted by Gasteiger charge is 2.33. The van der Waals surface area contributed by atoms with Crippen LogP contribution in [-0.2, 0) is 4.79 Å². The van der Waals surface area contributed by atoms with Gasteiger partial charge in [-0.05, 0) is 24.5 Å². The van der Waals surface area contributed by atoms with Crippen LogP contribution < -0.4 is 5.32 Å². The van der Waals surface area contributed by atoms with Gasteiger partial charge < -0.3 is 5.32 Å². The van der Waals surface area contributed by atoms with Crippen LogP contribution in [0.25, 0.3) is 12.2 Å². The number of amides is 1. The Kier molecular flexibility index (Phi) is 6.08. The Morgan fingerprint density at radius 1 is 1.27 bits per heavy atom. The molecule has 0 unspecified atom stereocenters. The molecule has 1 aliphatic carbocycles. The lowest BCUT2D eigenvalue weighted by atomic mass is 9.83. The van der Waals surface area contributed by atoms with Gasteiger partial charge in [-0.2, -0.15) is 5.26 Å². The lowest BCUT2D eigenvalue weighted by Crippen LogP contribution is -2.49. The van der Waals surface area contributed by atoms with Crippen LogP contribution in [0.2, 0.25) is 0 Å². The molecule has 1 heterocycles. The standard InChI is InChI=1S/C19H21N5OS/c20-14-19(11-5-2-6-12-19)22-17(25)13-26-18-21-16(23-24-18)10-9-15-7-3-1-4-8-15/h1,3-4,7-10H,2,5-6,11-13H2,(H,22,25)(H,21,23,24)/b10-9+. The van der Waals surface area contributed by atoms with Crippen molar-refractivity contribution >= 4 is 29.8 Å². The molecule has 0 saturated heterocycles. The van der Waals surface area contributed by atoms with Crippen LogP contribution in [0.5, 0.6) is 0 Å². The zero-order valence-corrected chi connectivity index (χ0v) is 15.3. The minimum Gasteiger partial charge on any atom is -0.337 e. The third-order valence-electron chi connectivity index (χ3n) is 4.35. The van der Waals surface area contributed by atoms with Crippen LogP contribution in [0, 0.1) is 11.3 Å². The van der Waals surface area contributed by atoms with Crippen LogP contribution >= 0.6 is 11.8 Å². The second-order valence-electron chi connectivity index (χ2n) is 6.34. The Hall–Kier alpha value is -2.59. The Morgan fingerprint density at radius 3 is 2.77 bits per heavy atom. The van der Waals surface area contributed by atoms with Gasteiger partial charge in [0, 0.05) is 0 Å². The number of nitrogens with zero attached hydrogens (tertiary/aromatic N) is 3. The lowest BCUT2D eigenvalue weighted by molar-refractivity contribution is -0.120. The monoisotopic (exact) mass is 367 g/mol. The highest BCUT2D eigenvalue weighted by Crippen LogP contribution is 2.27. The number of aromatic amines is 1. The molecule has 1 aromatic carbocycles. The molecule has 1 aromatic heterocycles. The van der Waals surface area contributed by atoms with E-state index in [0.29, 0.717) is 11.0 Å². The maximum absolute atomic E-state index is 12.2. The van der Waals surface area contributed by atoms with Gasteiger partial charge in [0.05, 0.1) is 11.8 Å². The van der Waals surface area contributed by atoms with Crippen molar-refractivity contribution in [2.45, 2.75) is 42.8 Å². The number of rotatable bonds is 6. The normalized spacial score (nSPS) is 16.3. The Labute approximate surface area is 157 Å². The van der Waals surface area contributed by atoms with Crippen LogP contribution in [0.3, 0.4) is 0 Å². The first-order chi connectivity index (χ1) is 12.7. The maximum atomic E-state index is 12.2. The summed E-state index contributed by atoms with van der Waals surface area (Å²) in [7, 11) is 0. The third kappa shape index (κ3) is 4.96. The van der Waals surface area contributed by atoms with Crippen molar-refractivity contribution in [3.8, 4) is 6.07 Å². The third-order valence-corrected chi connectivity index (χ3v) is 5.19. The number of carbonyl (C=O) groups is 1. The Morgan fingerprint density at radius 2 is 2.04 bits per heavy atom. The van der Waals surface area contributed by atoms with Gasteiger partial charge in [-0.1, -0.05) is 67.4 Å². The molecule has 1 amide bonds. The molecule has 0 bridgehead atoms. The Balaban J connectivity index is 1.51. The first-order valence-electron chi connectivity index (χ1n) is 8.70. The summed E-state index contributed by atoms with van der Waals surface area (Å²) in [6, 6.07) is 12.2. The van der Waals surface area contributed by atoms with E-state index in [-0.39, 0.29) is 11.7 Å². The van der Waals surface area contributed by atoms with E-state index in [4.69, 9.17) is 0 Å². The molecule has 0 radical (unpaired) electrons. The smallest absolute Gasteiger partial charge is 0.231 e. The van der Waals surface area contributed by atoms with Crippen LogP contribution in [-0.4, -0.2) is 32.4 Å². The van der Waals surface area contributed by atoms with Gasteiger partial charge in [0.2, 0.25) is 11.1 Å². The summed E-state index contributed by atoms with van der Waals surface area (Å²) in [6.45, 7) is 0. The number of hydrogen-bond acceptors (Lipinski definition) is 5. The molecule has 2 aromatic rings. The van der Waals surface area contributed by atoms with Crippen molar-refractivity contribution in [1.82, 2.24) is 20.5 Å². The zero-order valence-electron chi connectivity index (χ0n) is 14.4. The first-order valence-corrected chi connectivity index (χ1v) is 9.68. The molecule has 134 valence electrons. The van der Waals surface area contributed by atoms with Gasteiger partial charge >= 0.3 is 0 Å². The van der Waals surface area contributed by atoms with Gasteiger partial charge in [-0.3, -0.25) is 9.89 Å². The van der Waals surface area contributed by atoms with Crippen LogP contribution in [0.1, 0.15) is 43.5 Å². The summed E-state index contributed by atoms with van der Waals surface area (Å²) in [5, 5.41) is 19.8. The molecule has 1 saturated carbocycles.